The lowest BCUT2D eigenvalue weighted by atomic mass is 9.92. The molecule has 0 atom stereocenters. The first-order valence-electron chi connectivity index (χ1n) is 6.54. The molecule has 1 aromatic heterocycles. The molecule has 0 aliphatic heterocycles. The Morgan fingerprint density at radius 1 is 1.28 bits per heavy atom. The lowest BCUT2D eigenvalue weighted by molar-refractivity contribution is -0.137. The third-order valence-electron chi connectivity index (χ3n) is 3.48. The van der Waals surface area contributed by atoms with Crippen LogP contribution >= 0.6 is 0 Å². The summed E-state index contributed by atoms with van der Waals surface area (Å²) in [6.07, 6.45) is 4.80. The molecule has 0 radical (unpaired) electrons. The van der Waals surface area contributed by atoms with E-state index >= 15 is 0 Å². The van der Waals surface area contributed by atoms with E-state index in [4.69, 9.17) is 5.73 Å². The fourth-order valence-electron chi connectivity index (χ4n) is 1.90. The van der Waals surface area contributed by atoms with Crippen LogP contribution in [0, 0.1) is 0 Å². The van der Waals surface area contributed by atoms with E-state index in [9.17, 15) is 4.79 Å². The Kier molecular flexibility index (Phi) is 5.28. The van der Waals surface area contributed by atoms with Crippen LogP contribution in [0.2, 0.25) is 0 Å². The number of aromatic nitrogens is 1. The highest BCUT2D eigenvalue weighted by atomic mass is 16.2. The molecule has 18 heavy (non-hydrogen) atoms. The van der Waals surface area contributed by atoms with Gasteiger partial charge in [0.25, 0.3) is 0 Å². The highest BCUT2D eigenvalue weighted by Gasteiger charge is 2.33. The number of pyridine rings is 1. The number of carbonyl (C=O) groups is 1. The normalized spacial score (nSPS) is 11.3. The molecule has 1 heterocycles. The van der Waals surface area contributed by atoms with Crippen LogP contribution in [0.4, 0.5) is 0 Å². The quantitative estimate of drug-likeness (QED) is 0.838. The van der Waals surface area contributed by atoms with Crippen LogP contribution in [0.1, 0.15) is 39.2 Å². The Balaban J connectivity index is 2.81. The summed E-state index contributed by atoms with van der Waals surface area (Å²) in [5, 5.41) is 0. The maximum atomic E-state index is 12.4. The van der Waals surface area contributed by atoms with Gasteiger partial charge in [0, 0.05) is 25.5 Å². The summed E-state index contributed by atoms with van der Waals surface area (Å²) in [7, 11) is 0. The van der Waals surface area contributed by atoms with E-state index in [0.717, 1.165) is 5.56 Å². The number of likely N-dealkylation sites (N-methyl/N-ethyl adjacent to an activating group) is 1. The lowest BCUT2D eigenvalue weighted by Gasteiger charge is -2.32. The number of nitrogens with two attached hydrogens (primary N) is 1. The maximum absolute atomic E-state index is 12.4. The van der Waals surface area contributed by atoms with E-state index in [1.807, 2.05) is 37.8 Å². The fraction of sp³-hybridized carbons (Fsp3) is 0.571. The SMILES string of the molecule is CCN(Cc1ccncc1)C(=O)C(N)(CC)CC. The third kappa shape index (κ3) is 3.29. The van der Waals surface area contributed by atoms with Gasteiger partial charge in [0.1, 0.15) is 0 Å². The molecular formula is C14H23N3O. The van der Waals surface area contributed by atoms with Crippen molar-refractivity contribution in [3.63, 3.8) is 0 Å². The Morgan fingerprint density at radius 2 is 1.83 bits per heavy atom. The van der Waals surface area contributed by atoms with E-state index in [-0.39, 0.29) is 5.91 Å². The van der Waals surface area contributed by atoms with E-state index < -0.39 is 5.54 Å². The molecule has 0 bridgehead atoms. The third-order valence-corrected chi connectivity index (χ3v) is 3.48. The number of rotatable bonds is 6. The molecular weight excluding hydrogens is 226 g/mol. The molecule has 2 N–H and O–H groups in total. The number of carbonyl (C=O) groups excluding carboxylic acids is 1. The second kappa shape index (κ2) is 6.50. The van der Waals surface area contributed by atoms with Crippen molar-refractivity contribution in [3.05, 3.63) is 30.1 Å². The number of hydrogen-bond acceptors (Lipinski definition) is 3. The first kappa shape index (κ1) is 14.6. The molecule has 0 fully saturated rings. The Hall–Kier alpha value is -1.42. The summed E-state index contributed by atoms with van der Waals surface area (Å²) < 4.78 is 0. The summed E-state index contributed by atoms with van der Waals surface area (Å²) in [4.78, 5) is 18.2. The average molecular weight is 249 g/mol. The van der Waals surface area contributed by atoms with Crippen LogP contribution in [0.5, 0.6) is 0 Å². The molecule has 100 valence electrons. The van der Waals surface area contributed by atoms with Gasteiger partial charge < -0.3 is 10.6 Å². The molecule has 0 saturated heterocycles. The number of amides is 1. The average Bonchev–Trinajstić information content (AvgIpc) is 2.44. The van der Waals surface area contributed by atoms with Gasteiger partial charge in [0.05, 0.1) is 5.54 Å². The van der Waals surface area contributed by atoms with Crippen molar-refractivity contribution < 1.29 is 4.79 Å². The van der Waals surface area contributed by atoms with Gasteiger partial charge in [-0.2, -0.15) is 0 Å². The minimum absolute atomic E-state index is 0.0341. The van der Waals surface area contributed by atoms with Crippen LogP contribution in [0.25, 0.3) is 0 Å². The zero-order valence-electron chi connectivity index (χ0n) is 11.5. The molecule has 4 heteroatoms. The minimum Gasteiger partial charge on any atom is -0.337 e. The van der Waals surface area contributed by atoms with Crippen molar-refractivity contribution in [2.24, 2.45) is 5.73 Å². The van der Waals surface area contributed by atoms with Crippen LogP contribution in [-0.2, 0) is 11.3 Å². The van der Waals surface area contributed by atoms with Crippen molar-refractivity contribution in [2.75, 3.05) is 6.54 Å². The van der Waals surface area contributed by atoms with Crippen LogP contribution in [-0.4, -0.2) is 27.9 Å². The van der Waals surface area contributed by atoms with Gasteiger partial charge in [-0.1, -0.05) is 13.8 Å². The molecule has 0 aliphatic carbocycles. The predicted octanol–water partition coefficient (Wildman–Crippen LogP) is 1.95. The van der Waals surface area contributed by atoms with E-state index in [2.05, 4.69) is 4.98 Å². The van der Waals surface area contributed by atoms with E-state index in [1.54, 1.807) is 12.4 Å². The van der Waals surface area contributed by atoms with E-state index in [1.165, 1.54) is 0 Å². The highest BCUT2D eigenvalue weighted by Crippen LogP contribution is 2.17. The van der Waals surface area contributed by atoms with Crippen LogP contribution < -0.4 is 5.73 Å². The highest BCUT2D eigenvalue weighted by molar-refractivity contribution is 5.86. The monoisotopic (exact) mass is 249 g/mol. The summed E-state index contributed by atoms with van der Waals surface area (Å²) in [5.41, 5.74) is 6.51. The van der Waals surface area contributed by atoms with E-state index in [0.29, 0.717) is 25.9 Å². The smallest absolute Gasteiger partial charge is 0.242 e. The molecule has 0 aliphatic rings. The van der Waals surface area contributed by atoms with Gasteiger partial charge in [-0.05, 0) is 37.5 Å². The second-order valence-electron chi connectivity index (χ2n) is 4.54. The molecule has 1 aromatic rings. The zero-order valence-corrected chi connectivity index (χ0v) is 11.5. The summed E-state index contributed by atoms with van der Waals surface area (Å²) in [5.74, 6) is 0.0341. The Labute approximate surface area is 109 Å². The van der Waals surface area contributed by atoms with Crippen molar-refractivity contribution in [2.45, 2.75) is 45.7 Å². The van der Waals surface area contributed by atoms with Gasteiger partial charge in [0.15, 0.2) is 0 Å². The van der Waals surface area contributed by atoms with Crippen LogP contribution in [0.15, 0.2) is 24.5 Å². The van der Waals surface area contributed by atoms with Gasteiger partial charge in [-0.15, -0.1) is 0 Å². The fourth-order valence-corrected chi connectivity index (χ4v) is 1.90. The number of nitrogens with zero attached hydrogens (tertiary/aromatic N) is 2. The molecule has 1 rings (SSSR count). The van der Waals surface area contributed by atoms with Gasteiger partial charge in [-0.3, -0.25) is 9.78 Å². The molecule has 0 saturated carbocycles. The van der Waals surface area contributed by atoms with Gasteiger partial charge >= 0.3 is 0 Å². The molecule has 1 amide bonds. The summed E-state index contributed by atoms with van der Waals surface area (Å²) in [6, 6.07) is 3.85. The second-order valence-corrected chi connectivity index (χ2v) is 4.54. The Bertz CT molecular complexity index is 374. The standard InChI is InChI=1S/C14H23N3O/c1-4-14(15,5-2)13(18)17(6-3)11-12-7-9-16-10-8-12/h7-10H,4-6,11,15H2,1-3H3. The molecule has 0 aromatic carbocycles. The van der Waals surface area contributed by atoms with Crippen molar-refractivity contribution in [1.29, 1.82) is 0 Å². The van der Waals surface area contributed by atoms with Gasteiger partial charge in [0.2, 0.25) is 5.91 Å². The topological polar surface area (TPSA) is 59.2 Å². The van der Waals surface area contributed by atoms with Crippen molar-refractivity contribution in [3.8, 4) is 0 Å². The first-order valence-corrected chi connectivity index (χ1v) is 6.54. The minimum atomic E-state index is -0.733. The molecule has 4 nitrogen and oxygen atoms in total. The van der Waals surface area contributed by atoms with Crippen LogP contribution in [0.3, 0.4) is 0 Å². The molecule has 0 unspecified atom stereocenters. The number of hydrogen-bond donors (Lipinski definition) is 1. The van der Waals surface area contributed by atoms with Crippen molar-refractivity contribution in [1.82, 2.24) is 9.88 Å². The predicted molar refractivity (Wildman–Crippen MR) is 72.8 cm³/mol. The first-order chi connectivity index (χ1) is 8.57. The largest absolute Gasteiger partial charge is 0.337 e. The summed E-state index contributed by atoms with van der Waals surface area (Å²) in [6.45, 7) is 7.16. The van der Waals surface area contributed by atoms with Gasteiger partial charge in [-0.25, -0.2) is 0 Å². The molecule has 0 spiro atoms. The van der Waals surface area contributed by atoms with Crippen molar-refractivity contribution >= 4 is 5.91 Å². The Morgan fingerprint density at radius 3 is 2.28 bits per heavy atom. The zero-order chi connectivity index (χ0) is 13.6. The lowest BCUT2D eigenvalue weighted by Crippen LogP contribution is -2.54. The maximum Gasteiger partial charge on any atom is 0.242 e. The summed E-state index contributed by atoms with van der Waals surface area (Å²) >= 11 is 0.